The number of ether oxygens (including phenoxy) is 1. The van der Waals surface area contributed by atoms with Crippen LogP contribution in [0.4, 0.5) is 0 Å². The van der Waals surface area contributed by atoms with Crippen LogP contribution in [0.3, 0.4) is 0 Å². The second kappa shape index (κ2) is 7.59. The van der Waals surface area contributed by atoms with E-state index in [2.05, 4.69) is 29.2 Å². The van der Waals surface area contributed by atoms with Crippen LogP contribution in [0.5, 0.6) is 5.75 Å². The first-order valence-corrected chi connectivity index (χ1v) is 8.16. The van der Waals surface area contributed by atoms with E-state index in [4.69, 9.17) is 15.6 Å². The van der Waals surface area contributed by atoms with E-state index in [1.165, 1.54) is 11.1 Å². The lowest BCUT2D eigenvalue weighted by Crippen LogP contribution is -2.29. The van der Waals surface area contributed by atoms with E-state index in [1.54, 1.807) is 0 Å². The third kappa shape index (κ3) is 3.72. The van der Waals surface area contributed by atoms with E-state index >= 15 is 0 Å². The standard InChI is InChI=1S/C19H24N2O2/c20-12-19-18-11-17(23-14-15-5-2-1-3-6-15)8-7-16(18)13-21(19)9-4-10-22/h1-3,5-8,11,19,22H,4,9-10,12-14,20H2. The largest absolute Gasteiger partial charge is 0.489 e. The van der Waals surface area contributed by atoms with Gasteiger partial charge in [-0.1, -0.05) is 36.4 Å². The molecule has 1 aliphatic rings. The molecule has 1 unspecified atom stereocenters. The van der Waals surface area contributed by atoms with E-state index in [9.17, 15) is 0 Å². The number of aliphatic hydroxyl groups excluding tert-OH is 1. The van der Waals surface area contributed by atoms with E-state index in [1.807, 2.05) is 24.3 Å². The molecule has 3 N–H and O–H groups in total. The van der Waals surface area contributed by atoms with Crippen molar-refractivity contribution in [1.82, 2.24) is 4.90 Å². The van der Waals surface area contributed by atoms with E-state index < -0.39 is 0 Å². The molecule has 2 aromatic carbocycles. The molecule has 4 nitrogen and oxygen atoms in total. The number of rotatable bonds is 7. The van der Waals surface area contributed by atoms with Gasteiger partial charge in [0.2, 0.25) is 0 Å². The van der Waals surface area contributed by atoms with Gasteiger partial charge in [0.25, 0.3) is 0 Å². The normalized spacial score (nSPS) is 17.2. The van der Waals surface area contributed by atoms with Crippen LogP contribution in [-0.4, -0.2) is 29.7 Å². The van der Waals surface area contributed by atoms with E-state index in [-0.39, 0.29) is 12.6 Å². The van der Waals surface area contributed by atoms with Crippen LogP contribution in [0.1, 0.15) is 29.2 Å². The molecule has 1 aliphatic heterocycles. The van der Waals surface area contributed by atoms with Crippen molar-refractivity contribution < 1.29 is 9.84 Å². The maximum absolute atomic E-state index is 9.05. The molecule has 1 heterocycles. The van der Waals surface area contributed by atoms with Crippen LogP contribution < -0.4 is 10.5 Å². The summed E-state index contributed by atoms with van der Waals surface area (Å²) in [4.78, 5) is 2.34. The fraction of sp³-hybridized carbons (Fsp3) is 0.368. The molecule has 0 aromatic heterocycles. The van der Waals surface area contributed by atoms with Gasteiger partial charge >= 0.3 is 0 Å². The molecule has 0 saturated heterocycles. The van der Waals surface area contributed by atoms with Crippen molar-refractivity contribution in [3.05, 3.63) is 65.2 Å². The third-order valence-electron chi connectivity index (χ3n) is 4.37. The average Bonchev–Trinajstić information content (AvgIpc) is 2.95. The highest BCUT2D eigenvalue weighted by Gasteiger charge is 2.28. The summed E-state index contributed by atoms with van der Waals surface area (Å²) < 4.78 is 5.93. The van der Waals surface area contributed by atoms with Gasteiger partial charge in [0.15, 0.2) is 0 Å². The molecule has 3 rings (SSSR count). The van der Waals surface area contributed by atoms with Gasteiger partial charge in [-0.3, -0.25) is 4.90 Å². The number of nitrogens with zero attached hydrogens (tertiary/aromatic N) is 1. The summed E-state index contributed by atoms with van der Waals surface area (Å²) in [5.74, 6) is 0.884. The zero-order valence-corrected chi connectivity index (χ0v) is 13.3. The Morgan fingerprint density at radius 1 is 1.17 bits per heavy atom. The van der Waals surface area contributed by atoms with Crippen LogP contribution in [0.15, 0.2) is 48.5 Å². The Labute approximate surface area is 137 Å². The maximum atomic E-state index is 9.05. The molecule has 0 saturated carbocycles. The first-order chi connectivity index (χ1) is 11.3. The van der Waals surface area contributed by atoms with Crippen molar-refractivity contribution in [3.63, 3.8) is 0 Å². The van der Waals surface area contributed by atoms with Crippen LogP contribution >= 0.6 is 0 Å². The summed E-state index contributed by atoms with van der Waals surface area (Å²) in [5, 5.41) is 9.05. The van der Waals surface area contributed by atoms with Gasteiger partial charge in [0.1, 0.15) is 12.4 Å². The molecule has 23 heavy (non-hydrogen) atoms. The number of hydrogen-bond acceptors (Lipinski definition) is 4. The van der Waals surface area contributed by atoms with Gasteiger partial charge in [-0.2, -0.15) is 0 Å². The van der Waals surface area contributed by atoms with Crippen LogP contribution in [-0.2, 0) is 13.2 Å². The molecule has 2 aromatic rings. The number of fused-ring (bicyclic) bond motifs is 1. The molecule has 122 valence electrons. The molecule has 4 heteroatoms. The zero-order valence-electron chi connectivity index (χ0n) is 13.3. The minimum atomic E-state index is 0.218. The van der Waals surface area contributed by atoms with Gasteiger partial charge in [-0.15, -0.1) is 0 Å². The predicted molar refractivity (Wildman–Crippen MR) is 91.1 cm³/mol. The Hall–Kier alpha value is -1.88. The molecule has 0 bridgehead atoms. The molecular formula is C19H24N2O2. The van der Waals surface area contributed by atoms with E-state index in [0.717, 1.165) is 30.8 Å². The first kappa shape index (κ1) is 16.0. The topological polar surface area (TPSA) is 58.7 Å². The Bertz CT molecular complexity index is 631. The molecular weight excluding hydrogens is 288 g/mol. The van der Waals surface area contributed by atoms with Gasteiger partial charge in [-0.25, -0.2) is 0 Å². The maximum Gasteiger partial charge on any atom is 0.120 e. The van der Waals surface area contributed by atoms with Crippen molar-refractivity contribution in [2.75, 3.05) is 19.7 Å². The average molecular weight is 312 g/mol. The summed E-state index contributed by atoms with van der Waals surface area (Å²) in [5.41, 5.74) is 9.71. The zero-order chi connectivity index (χ0) is 16.1. The minimum Gasteiger partial charge on any atom is -0.489 e. The molecule has 0 fully saturated rings. The molecule has 1 atom stereocenters. The lowest BCUT2D eigenvalue weighted by atomic mass is 10.0. The second-order valence-electron chi connectivity index (χ2n) is 5.93. The van der Waals surface area contributed by atoms with Gasteiger partial charge in [0.05, 0.1) is 0 Å². The highest BCUT2D eigenvalue weighted by molar-refractivity contribution is 5.41. The first-order valence-electron chi connectivity index (χ1n) is 8.16. The summed E-state index contributed by atoms with van der Waals surface area (Å²) in [6.07, 6.45) is 0.780. The van der Waals surface area contributed by atoms with Crippen LogP contribution in [0, 0.1) is 0 Å². The summed E-state index contributed by atoms with van der Waals surface area (Å²) >= 11 is 0. The molecule has 0 aliphatic carbocycles. The quantitative estimate of drug-likeness (QED) is 0.824. The number of hydrogen-bond donors (Lipinski definition) is 2. The lowest BCUT2D eigenvalue weighted by Gasteiger charge is -2.23. The van der Waals surface area contributed by atoms with Gasteiger partial charge in [0, 0.05) is 32.3 Å². The number of benzene rings is 2. The molecule has 0 radical (unpaired) electrons. The van der Waals surface area contributed by atoms with E-state index in [0.29, 0.717) is 13.2 Å². The van der Waals surface area contributed by atoms with Crippen molar-refractivity contribution in [1.29, 1.82) is 0 Å². The molecule has 0 amide bonds. The van der Waals surface area contributed by atoms with Crippen molar-refractivity contribution >= 4 is 0 Å². The Kier molecular flexibility index (Phi) is 5.28. The van der Waals surface area contributed by atoms with Crippen LogP contribution in [0.25, 0.3) is 0 Å². The predicted octanol–water partition coefficient (Wildman–Crippen LogP) is 2.46. The Morgan fingerprint density at radius 3 is 2.74 bits per heavy atom. The summed E-state index contributed by atoms with van der Waals surface area (Å²) in [6, 6.07) is 16.7. The fourth-order valence-electron chi connectivity index (χ4n) is 3.17. The monoisotopic (exact) mass is 312 g/mol. The Balaban J connectivity index is 1.70. The second-order valence-corrected chi connectivity index (χ2v) is 5.93. The smallest absolute Gasteiger partial charge is 0.120 e. The minimum absolute atomic E-state index is 0.218. The SMILES string of the molecule is NCC1c2cc(OCc3ccccc3)ccc2CN1CCCO. The lowest BCUT2D eigenvalue weighted by molar-refractivity contribution is 0.189. The fourth-order valence-corrected chi connectivity index (χ4v) is 3.17. The highest BCUT2D eigenvalue weighted by atomic mass is 16.5. The third-order valence-corrected chi connectivity index (χ3v) is 4.37. The van der Waals surface area contributed by atoms with Crippen molar-refractivity contribution in [3.8, 4) is 5.75 Å². The van der Waals surface area contributed by atoms with Crippen LogP contribution in [0.2, 0.25) is 0 Å². The highest BCUT2D eigenvalue weighted by Crippen LogP contribution is 2.35. The van der Waals surface area contributed by atoms with Crippen molar-refractivity contribution in [2.24, 2.45) is 5.73 Å². The number of aliphatic hydroxyl groups is 1. The summed E-state index contributed by atoms with van der Waals surface area (Å²) in [7, 11) is 0. The summed E-state index contributed by atoms with van der Waals surface area (Å²) in [6.45, 7) is 3.14. The van der Waals surface area contributed by atoms with Crippen molar-refractivity contribution in [2.45, 2.75) is 25.6 Å². The Morgan fingerprint density at radius 2 is 2.00 bits per heavy atom. The van der Waals surface area contributed by atoms with Gasteiger partial charge < -0.3 is 15.6 Å². The molecule has 0 spiro atoms. The van der Waals surface area contributed by atoms with Gasteiger partial charge in [-0.05, 0) is 35.2 Å². The number of nitrogens with two attached hydrogens (primary N) is 1.